The van der Waals surface area contributed by atoms with Gasteiger partial charge in [0.2, 0.25) is 8.32 Å². The fraction of sp³-hybridized carbons (Fsp3) is 0.867. The highest BCUT2D eigenvalue weighted by molar-refractivity contribution is 6.78. The Kier molecular flexibility index (Phi) is 9.85. The van der Waals surface area contributed by atoms with Crippen LogP contribution in [0.25, 0.3) is 0 Å². The van der Waals surface area contributed by atoms with Crippen LogP contribution in [0.3, 0.4) is 0 Å². The second-order valence-electron chi connectivity index (χ2n) is 5.42. The predicted molar refractivity (Wildman–Crippen MR) is 80.9 cm³/mol. The molecule has 17 heavy (non-hydrogen) atoms. The average molecular weight is 257 g/mol. The highest BCUT2D eigenvalue weighted by atomic mass is 28.4. The Hall–Kier alpha value is -0.0831. The number of hydrogen-bond acceptors (Lipinski definition) is 1. The minimum absolute atomic E-state index is 0.829. The van der Waals surface area contributed by atoms with Crippen molar-refractivity contribution >= 4 is 8.32 Å². The summed E-state index contributed by atoms with van der Waals surface area (Å²) < 4.78 is 5.84. The van der Waals surface area contributed by atoms with Crippen LogP contribution in [0.15, 0.2) is 11.8 Å². The van der Waals surface area contributed by atoms with E-state index < -0.39 is 8.32 Å². The first-order valence-electron chi connectivity index (χ1n) is 7.36. The molecular weight excluding hydrogens is 224 g/mol. The summed E-state index contributed by atoms with van der Waals surface area (Å²) in [5.74, 6) is 0. The van der Waals surface area contributed by atoms with E-state index in [1.807, 2.05) is 0 Å². The quantitative estimate of drug-likeness (QED) is 0.352. The molecule has 0 radical (unpaired) electrons. The topological polar surface area (TPSA) is 9.23 Å². The van der Waals surface area contributed by atoms with E-state index in [2.05, 4.69) is 33.5 Å². The van der Waals surface area contributed by atoms with Gasteiger partial charge in [0.15, 0.2) is 0 Å². The van der Waals surface area contributed by atoms with Crippen LogP contribution in [-0.4, -0.2) is 14.9 Å². The van der Waals surface area contributed by atoms with E-state index in [-0.39, 0.29) is 0 Å². The largest absolute Gasteiger partial charge is 0.414 e. The molecule has 0 bridgehead atoms. The zero-order valence-electron chi connectivity index (χ0n) is 12.5. The molecule has 0 atom stereocenters. The van der Waals surface area contributed by atoms with Gasteiger partial charge in [-0.1, -0.05) is 50.6 Å². The van der Waals surface area contributed by atoms with Gasteiger partial charge in [0.25, 0.3) is 0 Å². The van der Waals surface area contributed by atoms with Crippen molar-refractivity contribution in [3.63, 3.8) is 0 Å². The van der Waals surface area contributed by atoms with Crippen molar-refractivity contribution in [1.29, 1.82) is 0 Å². The molecule has 0 aliphatic rings. The second kappa shape index (κ2) is 9.90. The summed E-state index contributed by atoms with van der Waals surface area (Å²) in [5, 5.41) is 1.38. The summed E-state index contributed by atoms with van der Waals surface area (Å²) in [7, 11) is -1.58. The maximum absolute atomic E-state index is 5.84. The molecule has 0 saturated heterocycles. The van der Waals surface area contributed by atoms with Gasteiger partial charge in [-0.3, -0.25) is 0 Å². The van der Waals surface area contributed by atoms with Crippen molar-refractivity contribution in [2.24, 2.45) is 0 Å². The SMILES string of the molecule is C=C(CCCCCCCCC)[Si](C)(C)OCC. The molecule has 0 N–H and O–H groups in total. The fourth-order valence-corrected chi connectivity index (χ4v) is 3.76. The molecule has 0 aromatic heterocycles. The average Bonchev–Trinajstić information content (AvgIpc) is 2.27. The maximum atomic E-state index is 5.84. The van der Waals surface area contributed by atoms with E-state index in [1.165, 1.54) is 56.6 Å². The molecule has 0 amide bonds. The van der Waals surface area contributed by atoms with Crippen molar-refractivity contribution in [2.45, 2.75) is 78.3 Å². The van der Waals surface area contributed by atoms with Crippen molar-refractivity contribution in [1.82, 2.24) is 0 Å². The van der Waals surface area contributed by atoms with Gasteiger partial charge in [-0.15, -0.1) is 6.58 Å². The molecule has 0 aliphatic carbocycles. The third kappa shape index (κ3) is 8.61. The molecule has 0 fully saturated rings. The lowest BCUT2D eigenvalue weighted by atomic mass is 10.1. The van der Waals surface area contributed by atoms with Crippen LogP contribution < -0.4 is 0 Å². The number of rotatable bonds is 11. The molecule has 0 aromatic rings. The third-order valence-electron chi connectivity index (χ3n) is 3.44. The van der Waals surface area contributed by atoms with E-state index in [0.29, 0.717) is 0 Å². The van der Waals surface area contributed by atoms with Gasteiger partial charge in [-0.25, -0.2) is 0 Å². The first-order valence-corrected chi connectivity index (χ1v) is 10.3. The van der Waals surface area contributed by atoms with E-state index in [0.717, 1.165) is 6.61 Å². The lowest BCUT2D eigenvalue weighted by Gasteiger charge is -2.24. The Labute approximate surface area is 110 Å². The number of unbranched alkanes of at least 4 members (excludes halogenated alkanes) is 6. The predicted octanol–water partition coefficient (Wildman–Crippen LogP) is 5.46. The summed E-state index contributed by atoms with van der Waals surface area (Å²) in [6, 6.07) is 0. The van der Waals surface area contributed by atoms with Crippen LogP contribution in [0.5, 0.6) is 0 Å². The van der Waals surface area contributed by atoms with E-state index >= 15 is 0 Å². The number of allylic oxidation sites excluding steroid dienone is 1. The van der Waals surface area contributed by atoms with Gasteiger partial charge >= 0.3 is 0 Å². The van der Waals surface area contributed by atoms with E-state index in [4.69, 9.17) is 4.43 Å². The van der Waals surface area contributed by atoms with Crippen LogP contribution in [0.1, 0.15) is 65.2 Å². The Morgan fingerprint density at radius 3 is 2.00 bits per heavy atom. The highest BCUT2D eigenvalue weighted by Crippen LogP contribution is 2.21. The van der Waals surface area contributed by atoms with Crippen molar-refractivity contribution in [3.8, 4) is 0 Å². The molecule has 0 unspecified atom stereocenters. The molecule has 0 saturated carbocycles. The van der Waals surface area contributed by atoms with Gasteiger partial charge < -0.3 is 4.43 Å². The second-order valence-corrected chi connectivity index (χ2v) is 9.43. The van der Waals surface area contributed by atoms with E-state index in [1.54, 1.807) is 0 Å². The lowest BCUT2D eigenvalue weighted by Crippen LogP contribution is -2.33. The van der Waals surface area contributed by atoms with Gasteiger partial charge in [-0.2, -0.15) is 0 Å². The molecule has 0 aliphatic heterocycles. The lowest BCUT2D eigenvalue weighted by molar-refractivity contribution is 0.334. The van der Waals surface area contributed by atoms with Gasteiger partial charge in [-0.05, 0) is 32.9 Å². The molecule has 0 aromatic carbocycles. The Morgan fingerprint density at radius 1 is 0.941 bits per heavy atom. The standard InChI is InChI=1S/C15H32OSi/c1-6-8-9-10-11-12-13-14-15(3)17(4,5)16-7-2/h3,6-14H2,1-2,4-5H3. The van der Waals surface area contributed by atoms with Crippen LogP contribution in [0, 0.1) is 0 Å². The normalized spacial score (nSPS) is 11.8. The smallest absolute Gasteiger partial charge is 0.213 e. The summed E-state index contributed by atoms with van der Waals surface area (Å²) in [4.78, 5) is 0. The van der Waals surface area contributed by atoms with Crippen molar-refractivity contribution in [3.05, 3.63) is 11.8 Å². The van der Waals surface area contributed by atoms with Crippen LogP contribution >= 0.6 is 0 Å². The van der Waals surface area contributed by atoms with Crippen molar-refractivity contribution < 1.29 is 4.43 Å². The summed E-state index contributed by atoms with van der Waals surface area (Å²) in [6.07, 6.45) is 10.8. The molecule has 102 valence electrons. The Bertz CT molecular complexity index is 199. The molecule has 0 heterocycles. The number of hydrogen-bond donors (Lipinski definition) is 0. The maximum Gasteiger partial charge on any atom is 0.213 e. The minimum atomic E-state index is -1.58. The zero-order valence-corrected chi connectivity index (χ0v) is 13.5. The van der Waals surface area contributed by atoms with Crippen LogP contribution in [0.4, 0.5) is 0 Å². The van der Waals surface area contributed by atoms with Gasteiger partial charge in [0.05, 0.1) is 0 Å². The van der Waals surface area contributed by atoms with E-state index in [9.17, 15) is 0 Å². The highest BCUT2D eigenvalue weighted by Gasteiger charge is 2.24. The zero-order chi connectivity index (χ0) is 13.1. The minimum Gasteiger partial charge on any atom is -0.414 e. The molecule has 0 spiro atoms. The fourth-order valence-electron chi connectivity index (χ4n) is 2.06. The summed E-state index contributed by atoms with van der Waals surface area (Å²) in [6.45, 7) is 13.9. The molecular formula is C15H32OSi. The first kappa shape index (κ1) is 16.9. The van der Waals surface area contributed by atoms with Crippen molar-refractivity contribution in [2.75, 3.05) is 6.61 Å². The molecule has 2 heteroatoms. The van der Waals surface area contributed by atoms with Gasteiger partial charge in [0, 0.05) is 6.61 Å². The third-order valence-corrected chi connectivity index (χ3v) is 6.40. The van der Waals surface area contributed by atoms with Gasteiger partial charge in [0.1, 0.15) is 0 Å². The van der Waals surface area contributed by atoms with Crippen LogP contribution in [-0.2, 0) is 4.43 Å². The molecule has 0 rings (SSSR count). The van der Waals surface area contributed by atoms with Crippen LogP contribution in [0.2, 0.25) is 13.1 Å². The molecule has 1 nitrogen and oxygen atoms in total. The monoisotopic (exact) mass is 256 g/mol. The first-order chi connectivity index (χ1) is 8.04. The Morgan fingerprint density at radius 2 is 1.47 bits per heavy atom. The Balaban J connectivity index is 3.51. The summed E-state index contributed by atoms with van der Waals surface area (Å²) in [5.41, 5.74) is 0. The summed E-state index contributed by atoms with van der Waals surface area (Å²) >= 11 is 0.